The lowest BCUT2D eigenvalue weighted by Crippen LogP contribution is -2.26. The van der Waals surface area contributed by atoms with E-state index in [-0.39, 0.29) is 11.4 Å². The van der Waals surface area contributed by atoms with Gasteiger partial charge in [0.25, 0.3) is 0 Å². The van der Waals surface area contributed by atoms with Crippen LogP contribution >= 0.6 is 11.6 Å². The quantitative estimate of drug-likeness (QED) is 0.814. The zero-order valence-corrected chi connectivity index (χ0v) is 13.4. The molecule has 0 spiro atoms. The van der Waals surface area contributed by atoms with E-state index in [1.165, 1.54) is 12.1 Å². The van der Waals surface area contributed by atoms with Crippen LogP contribution in [0.25, 0.3) is 0 Å². The Hall–Kier alpha value is -1.57. The number of sulfonamides is 1. The fourth-order valence-corrected chi connectivity index (χ4v) is 3.26. The molecule has 1 aromatic heterocycles. The van der Waals surface area contributed by atoms with Crippen molar-refractivity contribution >= 4 is 27.3 Å². The molecule has 0 radical (unpaired) electrons. The number of nitrogen functional groups attached to an aromatic ring is 1. The Kier molecular flexibility index (Phi) is 4.55. The van der Waals surface area contributed by atoms with Crippen LogP contribution in [-0.4, -0.2) is 24.7 Å². The van der Waals surface area contributed by atoms with E-state index >= 15 is 0 Å². The van der Waals surface area contributed by atoms with E-state index < -0.39 is 10.0 Å². The molecular weight excluding hydrogens is 312 g/mol. The van der Waals surface area contributed by atoms with E-state index in [1.54, 1.807) is 17.8 Å². The summed E-state index contributed by atoms with van der Waals surface area (Å²) in [6.07, 6.45) is 2.22. The molecule has 0 aliphatic heterocycles. The Labute approximate surface area is 129 Å². The number of aromatic nitrogens is 2. The third-order valence-corrected chi connectivity index (χ3v) is 5.10. The lowest BCUT2D eigenvalue weighted by molar-refractivity contribution is 0.579. The zero-order valence-electron chi connectivity index (χ0n) is 11.8. The van der Waals surface area contributed by atoms with Crippen LogP contribution in [0, 0.1) is 6.92 Å². The van der Waals surface area contributed by atoms with E-state index in [1.807, 2.05) is 13.1 Å². The van der Waals surface area contributed by atoms with E-state index in [2.05, 4.69) is 9.82 Å². The largest absolute Gasteiger partial charge is 0.398 e. The summed E-state index contributed by atoms with van der Waals surface area (Å²) in [5.74, 6) is 0. The lowest BCUT2D eigenvalue weighted by Gasteiger charge is -2.10. The standard InChI is InChI=1S/C13H17ClN4O2S/c1-9-12(14)7-11(8-13(9)15)21(19,20)17-6-4-10-3-5-16-18(10)2/h3,5,7-8,17H,4,6,15H2,1-2H3. The minimum atomic E-state index is -3.63. The highest BCUT2D eigenvalue weighted by atomic mass is 35.5. The highest BCUT2D eigenvalue weighted by Gasteiger charge is 2.16. The van der Waals surface area contributed by atoms with Crippen molar-refractivity contribution < 1.29 is 8.42 Å². The molecule has 8 heteroatoms. The number of rotatable bonds is 5. The first-order valence-corrected chi connectivity index (χ1v) is 8.19. The Morgan fingerprint density at radius 2 is 2.14 bits per heavy atom. The fourth-order valence-electron chi connectivity index (χ4n) is 1.87. The van der Waals surface area contributed by atoms with Gasteiger partial charge in [-0.15, -0.1) is 0 Å². The SMILES string of the molecule is Cc1c(N)cc(S(=O)(=O)NCCc2ccnn2C)cc1Cl. The lowest BCUT2D eigenvalue weighted by atomic mass is 10.2. The first-order valence-electron chi connectivity index (χ1n) is 6.33. The summed E-state index contributed by atoms with van der Waals surface area (Å²) in [4.78, 5) is 0.0700. The van der Waals surface area contributed by atoms with E-state index in [4.69, 9.17) is 17.3 Å². The zero-order chi connectivity index (χ0) is 15.6. The summed E-state index contributed by atoms with van der Waals surface area (Å²) in [6.45, 7) is 2.01. The Bertz CT molecular complexity index is 732. The molecule has 1 aromatic carbocycles. The molecule has 0 saturated carbocycles. The number of nitrogens with one attached hydrogen (secondary N) is 1. The third-order valence-electron chi connectivity index (χ3n) is 3.26. The molecule has 2 aromatic rings. The molecule has 0 saturated heterocycles. The second-order valence-electron chi connectivity index (χ2n) is 4.71. The Morgan fingerprint density at radius 1 is 1.43 bits per heavy atom. The monoisotopic (exact) mass is 328 g/mol. The summed E-state index contributed by atoms with van der Waals surface area (Å²) in [6, 6.07) is 4.66. The third kappa shape index (κ3) is 3.55. The molecule has 0 aliphatic rings. The van der Waals surface area contributed by atoms with Crippen LogP contribution in [0.15, 0.2) is 29.3 Å². The summed E-state index contributed by atoms with van der Waals surface area (Å²) in [5.41, 5.74) is 7.73. The second-order valence-corrected chi connectivity index (χ2v) is 6.89. The molecule has 0 unspecified atom stereocenters. The van der Waals surface area contributed by atoms with E-state index in [0.717, 1.165) is 5.69 Å². The van der Waals surface area contributed by atoms with Crippen LogP contribution in [0.5, 0.6) is 0 Å². The maximum Gasteiger partial charge on any atom is 0.240 e. The van der Waals surface area contributed by atoms with Gasteiger partial charge in [-0.25, -0.2) is 13.1 Å². The minimum absolute atomic E-state index is 0.0700. The molecule has 0 atom stereocenters. The Balaban J connectivity index is 2.10. The number of anilines is 1. The molecule has 3 N–H and O–H groups in total. The van der Waals surface area contributed by atoms with Crippen molar-refractivity contribution in [2.45, 2.75) is 18.2 Å². The summed E-state index contributed by atoms with van der Waals surface area (Å²) in [7, 11) is -1.82. The number of nitrogens with zero attached hydrogens (tertiary/aromatic N) is 2. The predicted octanol–water partition coefficient (Wildman–Crippen LogP) is 1.49. The first-order chi connectivity index (χ1) is 9.81. The molecule has 2 rings (SSSR count). The minimum Gasteiger partial charge on any atom is -0.398 e. The number of halogens is 1. The van der Waals surface area contributed by atoms with Gasteiger partial charge in [0.15, 0.2) is 0 Å². The van der Waals surface area contributed by atoms with Crippen LogP contribution in [0.3, 0.4) is 0 Å². The van der Waals surface area contributed by atoms with Crippen molar-refractivity contribution in [1.82, 2.24) is 14.5 Å². The average Bonchev–Trinajstić information content (AvgIpc) is 2.81. The van der Waals surface area contributed by atoms with Crippen LogP contribution in [-0.2, 0) is 23.5 Å². The molecule has 0 amide bonds. The van der Waals surface area contributed by atoms with Gasteiger partial charge in [-0.2, -0.15) is 5.10 Å². The first kappa shape index (κ1) is 15.8. The van der Waals surface area contributed by atoms with Crippen molar-refractivity contribution in [3.05, 3.63) is 40.7 Å². The molecule has 1 heterocycles. The number of hydrogen-bond acceptors (Lipinski definition) is 4. The number of hydrogen-bond donors (Lipinski definition) is 2. The topological polar surface area (TPSA) is 90.0 Å². The number of aryl methyl sites for hydroxylation is 1. The van der Waals surface area contributed by atoms with Crippen LogP contribution in [0.2, 0.25) is 5.02 Å². The van der Waals surface area contributed by atoms with Gasteiger partial charge in [0.05, 0.1) is 4.90 Å². The normalized spacial score (nSPS) is 11.8. The van der Waals surface area contributed by atoms with Gasteiger partial charge in [-0.1, -0.05) is 11.6 Å². The van der Waals surface area contributed by atoms with Crippen molar-refractivity contribution in [1.29, 1.82) is 0 Å². The molecule has 0 bridgehead atoms. The van der Waals surface area contributed by atoms with Crippen molar-refractivity contribution in [2.24, 2.45) is 7.05 Å². The van der Waals surface area contributed by atoms with Crippen LogP contribution in [0.1, 0.15) is 11.3 Å². The van der Waals surface area contributed by atoms with E-state index in [0.29, 0.717) is 22.7 Å². The van der Waals surface area contributed by atoms with Gasteiger partial charge in [-0.3, -0.25) is 4.68 Å². The number of nitrogens with two attached hydrogens (primary N) is 1. The molecule has 114 valence electrons. The highest BCUT2D eigenvalue weighted by molar-refractivity contribution is 7.89. The van der Waals surface area contributed by atoms with Gasteiger partial charge < -0.3 is 5.73 Å². The van der Waals surface area contributed by atoms with Gasteiger partial charge in [0, 0.05) is 42.6 Å². The fraction of sp³-hybridized carbons (Fsp3) is 0.308. The molecular formula is C13H17ClN4O2S. The van der Waals surface area contributed by atoms with E-state index in [9.17, 15) is 8.42 Å². The summed E-state index contributed by atoms with van der Waals surface area (Å²) in [5, 5.41) is 4.36. The molecule has 0 aliphatic carbocycles. The van der Waals surface area contributed by atoms with Crippen molar-refractivity contribution in [3.8, 4) is 0 Å². The van der Waals surface area contributed by atoms with Gasteiger partial charge >= 0.3 is 0 Å². The Morgan fingerprint density at radius 3 is 2.71 bits per heavy atom. The van der Waals surface area contributed by atoms with Gasteiger partial charge in [-0.05, 0) is 30.7 Å². The smallest absolute Gasteiger partial charge is 0.240 e. The van der Waals surface area contributed by atoms with Crippen molar-refractivity contribution in [3.63, 3.8) is 0 Å². The molecule has 6 nitrogen and oxygen atoms in total. The second kappa shape index (κ2) is 6.05. The summed E-state index contributed by atoms with van der Waals surface area (Å²) < 4.78 is 28.7. The highest BCUT2D eigenvalue weighted by Crippen LogP contribution is 2.25. The van der Waals surface area contributed by atoms with Gasteiger partial charge in [0.1, 0.15) is 0 Å². The van der Waals surface area contributed by atoms with Crippen LogP contribution in [0.4, 0.5) is 5.69 Å². The average molecular weight is 329 g/mol. The predicted molar refractivity (Wildman–Crippen MR) is 82.7 cm³/mol. The number of benzene rings is 1. The maximum absolute atomic E-state index is 12.2. The van der Waals surface area contributed by atoms with Crippen molar-refractivity contribution in [2.75, 3.05) is 12.3 Å². The molecule has 21 heavy (non-hydrogen) atoms. The molecule has 0 fully saturated rings. The maximum atomic E-state index is 12.2. The summed E-state index contributed by atoms with van der Waals surface area (Å²) >= 11 is 5.98. The van der Waals surface area contributed by atoms with Crippen LogP contribution < -0.4 is 10.5 Å². The van der Waals surface area contributed by atoms with Gasteiger partial charge in [0.2, 0.25) is 10.0 Å².